The van der Waals surface area contributed by atoms with Crippen LogP contribution >= 0.6 is 35.6 Å². The molecule has 0 aromatic heterocycles. The van der Waals surface area contributed by atoms with E-state index in [9.17, 15) is 0 Å². The van der Waals surface area contributed by atoms with E-state index in [-0.39, 0.29) is 12.4 Å². The van der Waals surface area contributed by atoms with Gasteiger partial charge in [0.15, 0.2) is 0 Å². The number of likely N-dealkylation sites (N-methyl/N-ethyl adjacent to an activating group) is 1. The molecule has 0 N–H and O–H groups in total. The lowest BCUT2D eigenvalue weighted by molar-refractivity contribution is 0.314. The molecule has 2 unspecified atom stereocenters. The van der Waals surface area contributed by atoms with E-state index < -0.39 is 0 Å². The van der Waals surface area contributed by atoms with Crippen LogP contribution in [0.3, 0.4) is 0 Å². The molecule has 0 amide bonds. The second-order valence-corrected chi connectivity index (χ2v) is 5.85. The Hall–Kier alpha value is 0.0500. The Bertz CT molecular complexity index is 435. The second kappa shape index (κ2) is 4.62. The lowest BCUT2D eigenvalue weighted by Crippen LogP contribution is -2.26. The van der Waals surface area contributed by atoms with E-state index in [1.807, 2.05) is 12.1 Å². The molecule has 1 nitrogen and oxygen atoms in total. The molecule has 2 fully saturated rings. The Balaban J connectivity index is 0.00000108. The minimum atomic E-state index is 0. The molecule has 2 aliphatic rings. The van der Waals surface area contributed by atoms with Crippen LogP contribution in [0.25, 0.3) is 0 Å². The third-order valence-electron chi connectivity index (χ3n) is 4.13. The SMILES string of the molecule is CCN1CC2CC2(c2ccc(Cl)cc2Cl)C1.Cl. The molecule has 1 heterocycles. The first kappa shape index (κ1) is 13.5. The molecule has 17 heavy (non-hydrogen) atoms. The number of hydrogen-bond acceptors (Lipinski definition) is 1. The van der Waals surface area contributed by atoms with Crippen molar-refractivity contribution in [2.75, 3.05) is 19.6 Å². The van der Waals surface area contributed by atoms with Crippen molar-refractivity contribution in [2.24, 2.45) is 5.92 Å². The van der Waals surface area contributed by atoms with Crippen LogP contribution in [-0.4, -0.2) is 24.5 Å². The second-order valence-electron chi connectivity index (χ2n) is 5.01. The van der Waals surface area contributed by atoms with Crippen LogP contribution in [-0.2, 0) is 5.41 Å². The maximum Gasteiger partial charge on any atom is 0.0459 e. The van der Waals surface area contributed by atoms with E-state index in [1.165, 1.54) is 18.5 Å². The van der Waals surface area contributed by atoms with Crippen molar-refractivity contribution in [2.45, 2.75) is 18.8 Å². The van der Waals surface area contributed by atoms with E-state index in [0.29, 0.717) is 5.41 Å². The first-order chi connectivity index (χ1) is 7.65. The quantitative estimate of drug-likeness (QED) is 0.796. The number of fused-ring (bicyclic) bond motifs is 1. The number of halogens is 3. The average molecular weight is 293 g/mol. The van der Waals surface area contributed by atoms with Crippen LogP contribution in [0.4, 0.5) is 0 Å². The molecule has 3 rings (SSSR count). The van der Waals surface area contributed by atoms with Crippen LogP contribution in [0, 0.1) is 5.92 Å². The molecule has 1 aromatic carbocycles. The highest BCUT2D eigenvalue weighted by Crippen LogP contribution is 2.60. The summed E-state index contributed by atoms with van der Waals surface area (Å²) >= 11 is 12.3. The Kier molecular flexibility index (Phi) is 3.66. The third-order valence-corrected chi connectivity index (χ3v) is 4.68. The highest BCUT2D eigenvalue weighted by molar-refractivity contribution is 6.35. The van der Waals surface area contributed by atoms with Gasteiger partial charge in [-0.2, -0.15) is 0 Å². The molecule has 4 heteroatoms. The number of hydrogen-bond donors (Lipinski definition) is 0. The summed E-state index contributed by atoms with van der Waals surface area (Å²) in [6, 6.07) is 5.95. The summed E-state index contributed by atoms with van der Waals surface area (Å²) < 4.78 is 0. The zero-order chi connectivity index (χ0) is 11.3. The predicted octanol–water partition coefficient (Wildman–Crippen LogP) is 4.01. The number of rotatable bonds is 2. The Morgan fingerprint density at radius 2 is 2.18 bits per heavy atom. The van der Waals surface area contributed by atoms with Crippen molar-refractivity contribution >= 4 is 35.6 Å². The van der Waals surface area contributed by atoms with Crippen molar-refractivity contribution < 1.29 is 0 Å². The standard InChI is InChI=1S/C13H15Cl2N.ClH/c1-2-16-7-9-6-13(9,8-16)11-4-3-10(14)5-12(11)15;/h3-5,9H,2,6-8H2,1H3;1H. The van der Waals surface area contributed by atoms with Gasteiger partial charge in [0, 0.05) is 28.5 Å². The zero-order valence-corrected chi connectivity index (χ0v) is 12.1. The lowest BCUT2D eigenvalue weighted by Gasteiger charge is -2.20. The normalized spacial score (nSPS) is 30.9. The van der Waals surface area contributed by atoms with E-state index in [2.05, 4.69) is 17.9 Å². The molecule has 94 valence electrons. The molecule has 0 spiro atoms. The summed E-state index contributed by atoms with van der Waals surface area (Å²) in [5.41, 5.74) is 1.65. The lowest BCUT2D eigenvalue weighted by atomic mass is 9.95. The van der Waals surface area contributed by atoms with Crippen molar-refractivity contribution in [1.82, 2.24) is 4.90 Å². The summed E-state index contributed by atoms with van der Waals surface area (Å²) in [6.07, 6.45) is 1.30. The number of nitrogens with zero attached hydrogens (tertiary/aromatic N) is 1. The largest absolute Gasteiger partial charge is 0.302 e. The molecule has 1 aliphatic heterocycles. The maximum atomic E-state index is 6.31. The Morgan fingerprint density at radius 1 is 1.41 bits per heavy atom. The van der Waals surface area contributed by atoms with Crippen LogP contribution in [0.5, 0.6) is 0 Å². The minimum Gasteiger partial charge on any atom is -0.302 e. The summed E-state index contributed by atoms with van der Waals surface area (Å²) in [7, 11) is 0. The van der Waals surface area contributed by atoms with Crippen LogP contribution in [0.2, 0.25) is 10.0 Å². The van der Waals surface area contributed by atoms with Crippen molar-refractivity contribution in [3.8, 4) is 0 Å². The number of likely N-dealkylation sites (tertiary alicyclic amines) is 1. The van der Waals surface area contributed by atoms with Gasteiger partial charge in [-0.25, -0.2) is 0 Å². The van der Waals surface area contributed by atoms with Gasteiger partial charge in [0.2, 0.25) is 0 Å². The molecular weight excluding hydrogens is 277 g/mol. The summed E-state index contributed by atoms with van der Waals surface area (Å²) in [6.45, 7) is 5.76. The molecule has 0 radical (unpaired) electrons. The van der Waals surface area contributed by atoms with Crippen molar-refractivity contribution in [3.05, 3.63) is 33.8 Å². The van der Waals surface area contributed by atoms with Gasteiger partial charge in [0.05, 0.1) is 0 Å². The first-order valence-electron chi connectivity index (χ1n) is 5.83. The fourth-order valence-electron chi connectivity index (χ4n) is 3.14. The molecule has 1 aromatic rings. The van der Waals surface area contributed by atoms with Gasteiger partial charge < -0.3 is 4.90 Å². The highest BCUT2D eigenvalue weighted by atomic mass is 35.5. The smallest absolute Gasteiger partial charge is 0.0459 e. The molecule has 1 saturated heterocycles. The van der Waals surface area contributed by atoms with Crippen molar-refractivity contribution in [1.29, 1.82) is 0 Å². The highest BCUT2D eigenvalue weighted by Gasteiger charge is 2.60. The summed E-state index contributed by atoms with van der Waals surface area (Å²) in [5, 5.41) is 1.57. The van der Waals surface area contributed by atoms with Gasteiger partial charge in [0.25, 0.3) is 0 Å². The predicted molar refractivity (Wildman–Crippen MR) is 75.6 cm³/mol. The molecular formula is C13H16Cl3N. The maximum absolute atomic E-state index is 6.31. The molecule has 1 saturated carbocycles. The molecule has 0 bridgehead atoms. The summed E-state index contributed by atoms with van der Waals surface area (Å²) in [5.74, 6) is 0.811. The van der Waals surface area contributed by atoms with E-state index in [0.717, 1.165) is 29.1 Å². The average Bonchev–Trinajstić information content (AvgIpc) is 2.81. The fraction of sp³-hybridized carbons (Fsp3) is 0.538. The molecule has 2 atom stereocenters. The summed E-state index contributed by atoms with van der Waals surface area (Å²) in [4.78, 5) is 2.51. The number of benzene rings is 1. The van der Waals surface area contributed by atoms with Gasteiger partial charge >= 0.3 is 0 Å². The van der Waals surface area contributed by atoms with Crippen LogP contribution in [0.15, 0.2) is 18.2 Å². The van der Waals surface area contributed by atoms with Gasteiger partial charge in [-0.1, -0.05) is 36.2 Å². The first-order valence-corrected chi connectivity index (χ1v) is 6.59. The zero-order valence-electron chi connectivity index (χ0n) is 9.75. The van der Waals surface area contributed by atoms with Gasteiger partial charge in [-0.05, 0) is 36.6 Å². The van der Waals surface area contributed by atoms with Gasteiger partial charge in [-0.3, -0.25) is 0 Å². The number of piperidine rings is 1. The van der Waals surface area contributed by atoms with Crippen molar-refractivity contribution in [3.63, 3.8) is 0 Å². The Labute approximate surface area is 118 Å². The topological polar surface area (TPSA) is 3.24 Å². The van der Waals surface area contributed by atoms with E-state index >= 15 is 0 Å². The third kappa shape index (κ3) is 2.08. The monoisotopic (exact) mass is 291 g/mol. The van der Waals surface area contributed by atoms with Crippen LogP contribution < -0.4 is 0 Å². The minimum absolute atomic E-state index is 0. The van der Waals surface area contributed by atoms with Gasteiger partial charge in [-0.15, -0.1) is 12.4 Å². The molecule has 1 aliphatic carbocycles. The fourth-order valence-corrected chi connectivity index (χ4v) is 3.73. The Morgan fingerprint density at radius 3 is 2.76 bits per heavy atom. The van der Waals surface area contributed by atoms with Gasteiger partial charge in [0.1, 0.15) is 0 Å². The van der Waals surface area contributed by atoms with Crippen LogP contribution in [0.1, 0.15) is 18.9 Å². The van der Waals surface area contributed by atoms with E-state index in [1.54, 1.807) is 0 Å². The van der Waals surface area contributed by atoms with E-state index in [4.69, 9.17) is 23.2 Å².